The number of methoxy groups -OCH3 is 1. The van der Waals surface area contributed by atoms with Crippen molar-refractivity contribution in [2.45, 2.75) is 19.8 Å². The number of ether oxygens (including phenoxy) is 3. The molecule has 1 aliphatic heterocycles. The van der Waals surface area contributed by atoms with Crippen LogP contribution in [0.5, 0.6) is 0 Å². The molecule has 27 heavy (non-hydrogen) atoms. The maximum absolute atomic E-state index is 12.5. The Morgan fingerprint density at radius 1 is 1.30 bits per heavy atom. The lowest BCUT2D eigenvalue weighted by molar-refractivity contribution is -0.139. The van der Waals surface area contributed by atoms with E-state index >= 15 is 0 Å². The minimum Gasteiger partial charge on any atom is -0.465 e. The van der Waals surface area contributed by atoms with E-state index in [4.69, 9.17) is 38.4 Å². The van der Waals surface area contributed by atoms with Crippen LogP contribution in [0.15, 0.2) is 34.9 Å². The van der Waals surface area contributed by atoms with Crippen LogP contribution >= 0.6 is 23.2 Å². The fourth-order valence-electron chi connectivity index (χ4n) is 2.74. The number of benzene rings is 1. The average Bonchev–Trinajstić information content (AvgIpc) is 2.60. The van der Waals surface area contributed by atoms with Gasteiger partial charge in [-0.2, -0.15) is 5.26 Å². The zero-order chi connectivity index (χ0) is 20.3. The van der Waals surface area contributed by atoms with Gasteiger partial charge in [-0.25, -0.2) is 9.59 Å². The summed E-state index contributed by atoms with van der Waals surface area (Å²) in [6, 6.07) is 4.61. The number of hydrogen-bond acceptors (Lipinski definition) is 7. The van der Waals surface area contributed by atoms with Gasteiger partial charge in [0.1, 0.15) is 17.4 Å². The molecule has 1 aromatic carbocycles. The molecule has 1 atom stereocenters. The Labute approximate surface area is 165 Å². The minimum atomic E-state index is -1.01. The van der Waals surface area contributed by atoms with E-state index in [0.717, 1.165) is 0 Å². The summed E-state index contributed by atoms with van der Waals surface area (Å²) in [5, 5.41) is 9.69. The number of nitriles is 1. The molecule has 142 valence electrons. The van der Waals surface area contributed by atoms with Gasteiger partial charge in [-0.15, -0.1) is 0 Å². The molecule has 0 aromatic heterocycles. The number of halogens is 2. The molecule has 7 nitrogen and oxygen atoms in total. The molecule has 0 saturated carbocycles. The number of nitrogens with zero attached hydrogens (tertiary/aromatic N) is 1. The molecular formula is C18H16Cl2N2O5. The maximum atomic E-state index is 12.5. The molecule has 1 aliphatic rings. The van der Waals surface area contributed by atoms with Crippen molar-refractivity contribution in [3.63, 3.8) is 0 Å². The first-order chi connectivity index (χ1) is 12.8. The van der Waals surface area contributed by atoms with E-state index in [2.05, 4.69) is 4.74 Å². The number of carbonyl (C=O) groups is 2. The molecular weight excluding hydrogens is 395 g/mol. The topological polar surface area (TPSA) is 112 Å². The molecule has 0 amide bonds. The van der Waals surface area contributed by atoms with E-state index in [0.29, 0.717) is 0 Å². The van der Waals surface area contributed by atoms with Gasteiger partial charge in [-0.1, -0.05) is 23.2 Å². The highest BCUT2D eigenvalue weighted by Gasteiger charge is 2.38. The Kier molecular flexibility index (Phi) is 6.37. The lowest BCUT2D eigenvalue weighted by Crippen LogP contribution is -2.26. The van der Waals surface area contributed by atoms with Crippen molar-refractivity contribution in [2.24, 2.45) is 5.73 Å². The molecule has 0 bridgehead atoms. The summed E-state index contributed by atoms with van der Waals surface area (Å²) in [6.07, 6.45) is 0. The van der Waals surface area contributed by atoms with Crippen molar-refractivity contribution in [3.8, 4) is 6.07 Å². The third kappa shape index (κ3) is 3.87. The van der Waals surface area contributed by atoms with Gasteiger partial charge in [-0.05, 0) is 26.0 Å². The molecule has 0 saturated heterocycles. The van der Waals surface area contributed by atoms with Crippen LogP contribution in [0.2, 0.25) is 10.0 Å². The van der Waals surface area contributed by atoms with Gasteiger partial charge in [0.15, 0.2) is 0 Å². The molecule has 2 N–H and O–H groups in total. The Morgan fingerprint density at radius 2 is 1.89 bits per heavy atom. The largest absolute Gasteiger partial charge is 0.465 e. The predicted octanol–water partition coefficient (Wildman–Crippen LogP) is 3.42. The highest BCUT2D eigenvalue weighted by Crippen LogP contribution is 2.45. The SMILES string of the molecule is CCOC(=O)C1=C(C)OC(N)=C(C#N)C1c1c(Cl)cc(C(=O)OC)cc1Cl. The normalized spacial score (nSPS) is 16.5. The third-order valence-corrected chi connectivity index (χ3v) is 4.52. The quantitative estimate of drug-likeness (QED) is 0.756. The van der Waals surface area contributed by atoms with Crippen LogP contribution < -0.4 is 5.73 Å². The summed E-state index contributed by atoms with van der Waals surface area (Å²) in [5.74, 6) is -2.33. The summed E-state index contributed by atoms with van der Waals surface area (Å²) in [6.45, 7) is 3.28. The third-order valence-electron chi connectivity index (χ3n) is 3.89. The van der Waals surface area contributed by atoms with Crippen molar-refractivity contribution in [1.29, 1.82) is 5.26 Å². The molecule has 1 heterocycles. The summed E-state index contributed by atoms with van der Waals surface area (Å²) in [4.78, 5) is 24.3. The summed E-state index contributed by atoms with van der Waals surface area (Å²) in [5.41, 5.74) is 6.20. The second-order valence-corrected chi connectivity index (χ2v) is 6.27. The summed E-state index contributed by atoms with van der Waals surface area (Å²) >= 11 is 12.7. The molecule has 0 spiro atoms. The lowest BCUT2D eigenvalue weighted by Gasteiger charge is -2.28. The minimum absolute atomic E-state index is 0.0433. The molecule has 1 aromatic rings. The standard InChI is InChI=1S/C18H16Cl2N2O5/c1-4-26-18(24)13-8(2)27-16(22)10(7-21)14(13)15-11(19)5-9(6-12(15)20)17(23)25-3/h5-6,14H,4,22H2,1-3H3. The second-order valence-electron chi connectivity index (χ2n) is 5.46. The van der Waals surface area contributed by atoms with E-state index in [1.807, 2.05) is 6.07 Å². The second kappa shape index (κ2) is 8.33. The smallest absolute Gasteiger partial charge is 0.338 e. The zero-order valence-corrected chi connectivity index (χ0v) is 16.3. The molecule has 0 radical (unpaired) electrons. The molecule has 9 heteroatoms. The number of nitrogens with two attached hydrogens (primary N) is 1. The van der Waals surface area contributed by atoms with Crippen LogP contribution in [0.3, 0.4) is 0 Å². The zero-order valence-electron chi connectivity index (χ0n) is 14.8. The first-order valence-corrected chi connectivity index (χ1v) is 8.55. The number of rotatable bonds is 4. The van der Waals surface area contributed by atoms with Gasteiger partial charge in [0.2, 0.25) is 5.88 Å². The number of esters is 2. The van der Waals surface area contributed by atoms with Crippen LogP contribution in [0.25, 0.3) is 0 Å². The summed E-state index contributed by atoms with van der Waals surface area (Å²) in [7, 11) is 1.22. The first kappa shape index (κ1) is 20.6. The van der Waals surface area contributed by atoms with E-state index in [1.54, 1.807) is 6.92 Å². The van der Waals surface area contributed by atoms with E-state index in [9.17, 15) is 14.9 Å². The van der Waals surface area contributed by atoms with Crippen molar-refractivity contribution in [3.05, 3.63) is 56.1 Å². The van der Waals surface area contributed by atoms with Gasteiger partial charge in [-0.3, -0.25) is 0 Å². The number of allylic oxidation sites excluding steroid dienone is 2. The van der Waals surface area contributed by atoms with E-state index in [1.165, 1.54) is 26.2 Å². The average molecular weight is 411 g/mol. The number of carbonyl (C=O) groups excluding carboxylic acids is 2. The fraction of sp³-hybridized carbons (Fsp3) is 0.278. The maximum Gasteiger partial charge on any atom is 0.338 e. The van der Waals surface area contributed by atoms with Gasteiger partial charge >= 0.3 is 11.9 Å². The molecule has 1 unspecified atom stereocenters. The lowest BCUT2D eigenvalue weighted by atomic mass is 9.82. The number of hydrogen-bond donors (Lipinski definition) is 1. The highest BCUT2D eigenvalue weighted by molar-refractivity contribution is 6.37. The Bertz CT molecular complexity index is 892. The Balaban J connectivity index is 2.74. The Hall–Kier alpha value is -2.69. The first-order valence-electron chi connectivity index (χ1n) is 7.79. The monoisotopic (exact) mass is 410 g/mol. The van der Waals surface area contributed by atoms with Gasteiger partial charge in [0, 0.05) is 15.6 Å². The van der Waals surface area contributed by atoms with Gasteiger partial charge in [0.25, 0.3) is 0 Å². The Morgan fingerprint density at radius 3 is 2.37 bits per heavy atom. The van der Waals surface area contributed by atoms with Crippen molar-refractivity contribution >= 4 is 35.1 Å². The van der Waals surface area contributed by atoms with Crippen LogP contribution in [0.1, 0.15) is 35.7 Å². The predicted molar refractivity (Wildman–Crippen MR) is 97.8 cm³/mol. The summed E-state index contributed by atoms with van der Waals surface area (Å²) < 4.78 is 15.1. The molecule has 0 aliphatic carbocycles. The van der Waals surface area contributed by atoms with Gasteiger partial charge < -0.3 is 19.9 Å². The fourth-order valence-corrected chi connectivity index (χ4v) is 3.44. The highest BCUT2D eigenvalue weighted by atomic mass is 35.5. The van der Waals surface area contributed by atoms with Crippen molar-refractivity contribution in [1.82, 2.24) is 0 Å². The van der Waals surface area contributed by atoms with Crippen LogP contribution in [0, 0.1) is 11.3 Å². The molecule has 0 fully saturated rings. The van der Waals surface area contributed by atoms with E-state index < -0.39 is 17.9 Å². The van der Waals surface area contributed by atoms with Crippen LogP contribution in [0.4, 0.5) is 0 Å². The van der Waals surface area contributed by atoms with Crippen molar-refractivity contribution in [2.75, 3.05) is 13.7 Å². The molecule has 2 rings (SSSR count). The van der Waals surface area contributed by atoms with Crippen LogP contribution in [-0.2, 0) is 19.0 Å². The van der Waals surface area contributed by atoms with Crippen molar-refractivity contribution < 1.29 is 23.8 Å². The van der Waals surface area contributed by atoms with Gasteiger partial charge in [0.05, 0.1) is 30.8 Å². The van der Waals surface area contributed by atoms with Crippen LogP contribution in [-0.4, -0.2) is 25.7 Å². The van der Waals surface area contributed by atoms with E-state index in [-0.39, 0.29) is 50.6 Å².